The Morgan fingerprint density at radius 1 is 1.04 bits per heavy atom. The second-order valence-corrected chi connectivity index (χ2v) is 6.47. The lowest BCUT2D eigenvalue weighted by atomic mass is 10.0. The SMILES string of the molecule is Cc1ccc(CCNC(=O)C2CC(CCc3ccccc3)=NO2)cc1. The van der Waals surface area contributed by atoms with Crippen molar-refractivity contribution in [3.63, 3.8) is 0 Å². The zero-order chi connectivity index (χ0) is 17.5. The molecule has 2 aromatic rings. The summed E-state index contributed by atoms with van der Waals surface area (Å²) in [5, 5.41) is 7.03. The van der Waals surface area contributed by atoms with Gasteiger partial charge in [-0.15, -0.1) is 0 Å². The summed E-state index contributed by atoms with van der Waals surface area (Å²) in [5.74, 6) is -0.0782. The zero-order valence-electron chi connectivity index (χ0n) is 14.6. The molecule has 4 nitrogen and oxygen atoms in total. The van der Waals surface area contributed by atoms with Gasteiger partial charge in [-0.3, -0.25) is 4.79 Å². The van der Waals surface area contributed by atoms with Crippen LogP contribution in [0.5, 0.6) is 0 Å². The lowest BCUT2D eigenvalue weighted by Gasteiger charge is -2.09. The Bertz CT molecular complexity index is 723. The van der Waals surface area contributed by atoms with Gasteiger partial charge in [-0.2, -0.15) is 0 Å². The van der Waals surface area contributed by atoms with Crippen molar-refractivity contribution in [1.29, 1.82) is 0 Å². The number of rotatable bonds is 7. The van der Waals surface area contributed by atoms with Crippen LogP contribution < -0.4 is 5.32 Å². The summed E-state index contributed by atoms with van der Waals surface area (Å²) in [7, 11) is 0. The predicted octanol–water partition coefficient (Wildman–Crippen LogP) is 3.43. The van der Waals surface area contributed by atoms with Crippen molar-refractivity contribution < 1.29 is 9.63 Å². The Labute approximate surface area is 148 Å². The largest absolute Gasteiger partial charge is 0.382 e. The van der Waals surface area contributed by atoms with Gasteiger partial charge in [-0.25, -0.2) is 0 Å². The molecule has 25 heavy (non-hydrogen) atoms. The zero-order valence-corrected chi connectivity index (χ0v) is 14.6. The molecular weight excluding hydrogens is 312 g/mol. The molecule has 0 saturated heterocycles. The fraction of sp³-hybridized carbons (Fsp3) is 0.333. The second kappa shape index (κ2) is 8.47. The third-order valence-electron chi connectivity index (χ3n) is 4.40. The lowest BCUT2D eigenvalue weighted by Crippen LogP contribution is -2.35. The van der Waals surface area contributed by atoms with Crippen LogP contribution in [-0.2, 0) is 22.5 Å². The number of oxime groups is 1. The summed E-state index contributed by atoms with van der Waals surface area (Å²) >= 11 is 0. The van der Waals surface area contributed by atoms with Gasteiger partial charge in [0.05, 0.1) is 5.71 Å². The molecule has 1 heterocycles. The molecule has 4 heteroatoms. The molecule has 2 aromatic carbocycles. The highest BCUT2D eigenvalue weighted by Crippen LogP contribution is 2.15. The lowest BCUT2D eigenvalue weighted by molar-refractivity contribution is -0.131. The molecule has 1 aliphatic heterocycles. The average Bonchev–Trinajstić information content (AvgIpc) is 3.12. The average molecular weight is 336 g/mol. The molecule has 0 fully saturated rings. The third-order valence-corrected chi connectivity index (χ3v) is 4.40. The molecule has 0 aromatic heterocycles. The van der Waals surface area contributed by atoms with Gasteiger partial charge in [0.15, 0.2) is 0 Å². The predicted molar refractivity (Wildman–Crippen MR) is 99.6 cm³/mol. The summed E-state index contributed by atoms with van der Waals surface area (Å²) in [6.07, 6.45) is 2.68. The quantitative estimate of drug-likeness (QED) is 0.842. The van der Waals surface area contributed by atoms with Crippen LogP contribution in [0.4, 0.5) is 0 Å². The van der Waals surface area contributed by atoms with Crippen LogP contribution in [0, 0.1) is 6.92 Å². The number of benzene rings is 2. The first-order chi connectivity index (χ1) is 12.2. The van der Waals surface area contributed by atoms with Gasteiger partial charge in [0.1, 0.15) is 0 Å². The van der Waals surface area contributed by atoms with E-state index in [2.05, 4.69) is 53.8 Å². The van der Waals surface area contributed by atoms with E-state index in [0.717, 1.165) is 25.0 Å². The van der Waals surface area contributed by atoms with Crippen molar-refractivity contribution in [3.05, 3.63) is 71.3 Å². The highest BCUT2D eigenvalue weighted by molar-refractivity contribution is 5.92. The number of hydrogen-bond acceptors (Lipinski definition) is 3. The van der Waals surface area contributed by atoms with Gasteiger partial charge in [0.25, 0.3) is 5.91 Å². The monoisotopic (exact) mass is 336 g/mol. The van der Waals surface area contributed by atoms with E-state index in [1.165, 1.54) is 16.7 Å². The van der Waals surface area contributed by atoms with Gasteiger partial charge in [0.2, 0.25) is 6.10 Å². The maximum absolute atomic E-state index is 12.2. The number of nitrogens with one attached hydrogen (secondary N) is 1. The molecule has 1 amide bonds. The summed E-state index contributed by atoms with van der Waals surface area (Å²) in [6, 6.07) is 18.7. The molecule has 0 saturated carbocycles. The molecule has 1 N–H and O–H groups in total. The Kier molecular flexibility index (Phi) is 5.83. The second-order valence-electron chi connectivity index (χ2n) is 6.47. The normalized spacial score (nSPS) is 16.2. The van der Waals surface area contributed by atoms with Crippen LogP contribution in [0.3, 0.4) is 0 Å². The van der Waals surface area contributed by atoms with Crippen molar-refractivity contribution in [2.75, 3.05) is 6.54 Å². The Hall–Kier alpha value is -2.62. The number of nitrogens with zero attached hydrogens (tertiary/aromatic N) is 1. The smallest absolute Gasteiger partial charge is 0.264 e. The maximum Gasteiger partial charge on any atom is 0.264 e. The number of aryl methyl sites for hydroxylation is 2. The van der Waals surface area contributed by atoms with Crippen LogP contribution in [0.25, 0.3) is 0 Å². The van der Waals surface area contributed by atoms with Gasteiger partial charge in [0, 0.05) is 13.0 Å². The van der Waals surface area contributed by atoms with E-state index in [-0.39, 0.29) is 5.91 Å². The molecule has 130 valence electrons. The summed E-state index contributed by atoms with van der Waals surface area (Å²) in [5.41, 5.74) is 4.70. The number of carbonyl (C=O) groups is 1. The third kappa shape index (κ3) is 5.18. The standard InChI is InChI=1S/C21H24N2O2/c1-16-7-9-18(10-8-16)13-14-22-21(24)20-15-19(23-25-20)12-11-17-5-3-2-4-6-17/h2-10,20H,11-15H2,1H3,(H,22,24). The molecule has 0 bridgehead atoms. The summed E-state index contributed by atoms with van der Waals surface area (Å²) < 4.78 is 0. The molecule has 1 aliphatic rings. The summed E-state index contributed by atoms with van der Waals surface area (Å²) in [4.78, 5) is 17.5. The first-order valence-corrected chi connectivity index (χ1v) is 8.79. The maximum atomic E-state index is 12.2. The number of amides is 1. The number of hydrogen-bond donors (Lipinski definition) is 1. The van der Waals surface area contributed by atoms with Crippen LogP contribution >= 0.6 is 0 Å². The van der Waals surface area contributed by atoms with Crippen molar-refractivity contribution in [2.24, 2.45) is 5.16 Å². The fourth-order valence-corrected chi connectivity index (χ4v) is 2.85. The molecule has 0 radical (unpaired) electrons. The van der Waals surface area contributed by atoms with E-state index in [9.17, 15) is 4.79 Å². The van der Waals surface area contributed by atoms with Crippen molar-refractivity contribution in [1.82, 2.24) is 5.32 Å². The Morgan fingerprint density at radius 2 is 1.76 bits per heavy atom. The molecule has 0 spiro atoms. The Balaban J connectivity index is 1.37. The molecule has 1 atom stereocenters. The fourth-order valence-electron chi connectivity index (χ4n) is 2.85. The van der Waals surface area contributed by atoms with Gasteiger partial charge in [-0.05, 0) is 37.3 Å². The minimum Gasteiger partial charge on any atom is -0.382 e. The van der Waals surface area contributed by atoms with Gasteiger partial charge < -0.3 is 10.2 Å². The highest BCUT2D eigenvalue weighted by Gasteiger charge is 2.27. The Morgan fingerprint density at radius 3 is 2.52 bits per heavy atom. The van der Waals surface area contributed by atoms with Crippen molar-refractivity contribution in [3.8, 4) is 0 Å². The van der Waals surface area contributed by atoms with E-state index in [4.69, 9.17) is 4.84 Å². The highest BCUT2D eigenvalue weighted by atomic mass is 16.6. The first-order valence-electron chi connectivity index (χ1n) is 8.79. The minimum absolute atomic E-state index is 0.0782. The topological polar surface area (TPSA) is 50.7 Å². The van der Waals surface area contributed by atoms with Crippen LogP contribution in [0.2, 0.25) is 0 Å². The minimum atomic E-state index is -0.483. The molecule has 1 unspecified atom stereocenters. The van der Waals surface area contributed by atoms with Crippen LogP contribution in [0.1, 0.15) is 29.5 Å². The van der Waals surface area contributed by atoms with E-state index < -0.39 is 6.10 Å². The molecular formula is C21H24N2O2. The van der Waals surface area contributed by atoms with Crippen molar-refractivity contribution in [2.45, 2.75) is 38.7 Å². The summed E-state index contributed by atoms with van der Waals surface area (Å²) in [6.45, 7) is 2.68. The first kappa shape index (κ1) is 17.2. The van der Waals surface area contributed by atoms with E-state index in [0.29, 0.717) is 13.0 Å². The van der Waals surface area contributed by atoms with E-state index in [1.54, 1.807) is 0 Å². The van der Waals surface area contributed by atoms with Crippen molar-refractivity contribution >= 4 is 11.6 Å². The molecule has 0 aliphatic carbocycles. The van der Waals surface area contributed by atoms with Crippen LogP contribution in [-0.4, -0.2) is 24.3 Å². The van der Waals surface area contributed by atoms with E-state index >= 15 is 0 Å². The van der Waals surface area contributed by atoms with Gasteiger partial charge >= 0.3 is 0 Å². The van der Waals surface area contributed by atoms with E-state index in [1.807, 2.05) is 18.2 Å². The van der Waals surface area contributed by atoms with Crippen LogP contribution in [0.15, 0.2) is 59.8 Å². The van der Waals surface area contributed by atoms with Gasteiger partial charge in [-0.1, -0.05) is 65.3 Å². The number of carbonyl (C=O) groups excluding carboxylic acids is 1. The molecule has 3 rings (SSSR count).